The summed E-state index contributed by atoms with van der Waals surface area (Å²) in [4.78, 5) is 8.62. The molecule has 0 aliphatic heterocycles. The van der Waals surface area contributed by atoms with Gasteiger partial charge in [0.05, 0.1) is 11.2 Å². The molecule has 1 radical (unpaired) electrons. The van der Waals surface area contributed by atoms with E-state index in [-0.39, 0.29) is 20.1 Å². The van der Waals surface area contributed by atoms with E-state index in [1.54, 1.807) is 6.33 Å². The van der Waals surface area contributed by atoms with Crippen molar-refractivity contribution in [2.24, 2.45) is 0 Å². The van der Waals surface area contributed by atoms with Crippen molar-refractivity contribution >= 4 is 10.9 Å². The van der Waals surface area contributed by atoms with Gasteiger partial charge in [-0.1, -0.05) is 48.5 Å². The first kappa shape index (κ1) is 11.9. The molecule has 85 valence electrons. The predicted molar refractivity (Wildman–Crippen MR) is 65.0 cm³/mol. The zero-order chi connectivity index (χ0) is 10.8. The summed E-state index contributed by atoms with van der Waals surface area (Å²) in [7, 11) is 0. The first-order valence-corrected chi connectivity index (χ1v) is 5.20. The van der Waals surface area contributed by atoms with Gasteiger partial charge in [0.15, 0.2) is 0 Å². The second-order valence-corrected chi connectivity index (χ2v) is 3.61. The Balaban J connectivity index is 0.00000108. The van der Waals surface area contributed by atoms with Gasteiger partial charge in [0.1, 0.15) is 6.33 Å². The summed E-state index contributed by atoms with van der Waals surface area (Å²) in [6, 6.07) is 18.2. The van der Waals surface area contributed by atoms with Crippen LogP contribution in [0, 0.1) is 0 Å². The molecule has 2 nitrogen and oxygen atoms in total. The van der Waals surface area contributed by atoms with Gasteiger partial charge < -0.3 is 0 Å². The van der Waals surface area contributed by atoms with Gasteiger partial charge in [-0.25, -0.2) is 9.97 Å². The van der Waals surface area contributed by atoms with Crippen LogP contribution in [0.15, 0.2) is 60.9 Å². The molecular formula is C14H10IrN2. The quantitative estimate of drug-likeness (QED) is 0.629. The molecule has 1 aromatic heterocycles. The first-order valence-electron chi connectivity index (χ1n) is 5.20. The minimum Gasteiger partial charge on any atom is -0.236 e. The Hall–Kier alpha value is -1.57. The van der Waals surface area contributed by atoms with E-state index in [4.69, 9.17) is 0 Å². The molecule has 2 aromatic carbocycles. The normalized spacial score (nSPS) is 9.88. The van der Waals surface area contributed by atoms with Crippen LogP contribution in [0.5, 0.6) is 0 Å². The summed E-state index contributed by atoms with van der Waals surface area (Å²) in [6.07, 6.45) is 1.62. The molecule has 3 aromatic rings. The van der Waals surface area contributed by atoms with Crippen molar-refractivity contribution in [1.82, 2.24) is 9.97 Å². The molecule has 17 heavy (non-hydrogen) atoms. The number of aromatic nitrogens is 2. The van der Waals surface area contributed by atoms with Crippen LogP contribution < -0.4 is 0 Å². The maximum Gasteiger partial charge on any atom is 0.116 e. The molecule has 0 spiro atoms. The van der Waals surface area contributed by atoms with Gasteiger partial charge in [0.2, 0.25) is 0 Å². The van der Waals surface area contributed by atoms with Crippen LogP contribution in [-0.2, 0) is 20.1 Å². The fraction of sp³-hybridized carbons (Fsp3) is 0. The second kappa shape index (κ2) is 5.17. The molecule has 0 amide bonds. The van der Waals surface area contributed by atoms with Crippen molar-refractivity contribution in [2.45, 2.75) is 0 Å². The van der Waals surface area contributed by atoms with Gasteiger partial charge in [-0.05, 0) is 6.07 Å². The average Bonchev–Trinajstić information content (AvgIpc) is 2.39. The van der Waals surface area contributed by atoms with Crippen LogP contribution in [0.3, 0.4) is 0 Å². The number of hydrogen-bond acceptors (Lipinski definition) is 2. The number of hydrogen-bond donors (Lipinski definition) is 0. The number of benzene rings is 2. The zero-order valence-corrected chi connectivity index (χ0v) is 11.4. The standard InChI is InChI=1S/C14H10N2.Ir/c1-2-6-11(7-3-1)14-12-8-4-5-9-13(12)15-10-16-14;/h1-10H;. The summed E-state index contributed by atoms with van der Waals surface area (Å²) in [5, 5.41) is 1.09. The molecule has 0 aliphatic rings. The molecule has 0 N–H and O–H groups in total. The van der Waals surface area contributed by atoms with Gasteiger partial charge in [-0.2, -0.15) is 0 Å². The molecule has 0 atom stereocenters. The molecule has 0 unspecified atom stereocenters. The predicted octanol–water partition coefficient (Wildman–Crippen LogP) is 3.29. The van der Waals surface area contributed by atoms with Gasteiger partial charge in [0.25, 0.3) is 0 Å². The van der Waals surface area contributed by atoms with Crippen molar-refractivity contribution in [1.29, 1.82) is 0 Å². The van der Waals surface area contributed by atoms with Crippen LogP contribution in [-0.4, -0.2) is 9.97 Å². The Morgan fingerprint density at radius 3 is 2.24 bits per heavy atom. The van der Waals surface area contributed by atoms with Gasteiger partial charge in [-0.15, -0.1) is 0 Å². The topological polar surface area (TPSA) is 25.8 Å². The molecule has 3 rings (SSSR count). The minimum absolute atomic E-state index is 0. The molecule has 0 saturated heterocycles. The van der Waals surface area contributed by atoms with Crippen molar-refractivity contribution in [2.75, 3.05) is 0 Å². The van der Waals surface area contributed by atoms with Crippen LogP contribution in [0.4, 0.5) is 0 Å². The van der Waals surface area contributed by atoms with Gasteiger partial charge >= 0.3 is 0 Å². The van der Waals surface area contributed by atoms with Crippen LogP contribution in [0.25, 0.3) is 22.2 Å². The molecule has 0 aliphatic carbocycles. The van der Waals surface area contributed by atoms with E-state index in [2.05, 4.69) is 28.2 Å². The minimum atomic E-state index is 0. The molecule has 0 bridgehead atoms. The molecule has 0 fully saturated rings. The number of rotatable bonds is 1. The second-order valence-electron chi connectivity index (χ2n) is 3.61. The molecule has 3 heteroatoms. The SMILES string of the molecule is [Ir].c1ccc(-c2ncnc3ccccc23)cc1. The summed E-state index contributed by atoms with van der Waals surface area (Å²) in [6.45, 7) is 0. The monoisotopic (exact) mass is 399 g/mol. The Labute approximate surface area is 113 Å². The van der Waals surface area contributed by atoms with Crippen LogP contribution in [0.1, 0.15) is 0 Å². The van der Waals surface area contributed by atoms with E-state index in [9.17, 15) is 0 Å². The Kier molecular flexibility index (Phi) is 3.62. The summed E-state index contributed by atoms with van der Waals surface area (Å²) in [5.74, 6) is 0. The third kappa shape index (κ3) is 2.26. The van der Waals surface area contributed by atoms with E-state index < -0.39 is 0 Å². The van der Waals surface area contributed by atoms with E-state index in [1.807, 2.05) is 36.4 Å². The van der Waals surface area contributed by atoms with Crippen molar-refractivity contribution in [3.8, 4) is 11.3 Å². The third-order valence-electron chi connectivity index (χ3n) is 2.59. The van der Waals surface area contributed by atoms with Crippen molar-refractivity contribution in [3.63, 3.8) is 0 Å². The number of nitrogens with zero attached hydrogens (tertiary/aromatic N) is 2. The Morgan fingerprint density at radius 1 is 0.706 bits per heavy atom. The van der Waals surface area contributed by atoms with E-state index in [0.29, 0.717) is 0 Å². The summed E-state index contributed by atoms with van der Waals surface area (Å²) < 4.78 is 0. The summed E-state index contributed by atoms with van der Waals surface area (Å²) in [5.41, 5.74) is 3.10. The molecule has 0 saturated carbocycles. The van der Waals surface area contributed by atoms with Crippen molar-refractivity contribution < 1.29 is 20.1 Å². The van der Waals surface area contributed by atoms with E-state index >= 15 is 0 Å². The van der Waals surface area contributed by atoms with Crippen LogP contribution in [0.2, 0.25) is 0 Å². The maximum atomic E-state index is 4.37. The van der Waals surface area contributed by atoms with E-state index in [1.165, 1.54) is 0 Å². The first-order chi connectivity index (χ1) is 7.95. The zero-order valence-electron chi connectivity index (χ0n) is 9.00. The smallest absolute Gasteiger partial charge is 0.116 e. The average molecular weight is 398 g/mol. The molecule has 1 heterocycles. The Morgan fingerprint density at radius 2 is 1.41 bits per heavy atom. The molecular weight excluding hydrogens is 388 g/mol. The fourth-order valence-corrected chi connectivity index (χ4v) is 1.83. The van der Waals surface area contributed by atoms with Gasteiger partial charge in [0, 0.05) is 31.1 Å². The Bertz CT molecular complexity index is 618. The van der Waals surface area contributed by atoms with Gasteiger partial charge in [-0.3, -0.25) is 0 Å². The number of fused-ring (bicyclic) bond motifs is 1. The number of para-hydroxylation sites is 1. The summed E-state index contributed by atoms with van der Waals surface area (Å²) >= 11 is 0. The van der Waals surface area contributed by atoms with Crippen LogP contribution >= 0.6 is 0 Å². The van der Waals surface area contributed by atoms with Crippen molar-refractivity contribution in [3.05, 3.63) is 60.9 Å². The van der Waals surface area contributed by atoms with E-state index in [0.717, 1.165) is 22.2 Å². The maximum absolute atomic E-state index is 4.37. The third-order valence-corrected chi connectivity index (χ3v) is 2.59. The largest absolute Gasteiger partial charge is 0.236 e. The fourth-order valence-electron chi connectivity index (χ4n) is 1.83.